The third-order valence-electron chi connectivity index (χ3n) is 1.51. The van der Waals surface area contributed by atoms with Gasteiger partial charge in [-0.15, -0.1) is 0 Å². The third-order valence-corrected chi connectivity index (χ3v) is 1.51. The van der Waals surface area contributed by atoms with Crippen molar-refractivity contribution in [3.05, 3.63) is 0 Å². The Kier molecular flexibility index (Phi) is 4.86. The van der Waals surface area contributed by atoms with Gasteiger partial charge in [0.05, 0.1) is 0 Å². The second kappa shape index (κ2) is 5.13. The number of rotatable bonds is 4. The van der Waals surface area contributed by atoms with E-state index >= 15 is 0 Å². The highest BCUT2D eigenvalue weighted by Gasteiger charge is 2.03. The average molecular weight is 159 g/mol. The first-order chi connectivity index (χ1) is 5.04. The molecule has 1 amide bonds. The van der Waals surface area contributed by atoms with Gasteiger partial charge in [0.25, 0.3) is 0 Å². The largest absolute Gasteiger partial charge is 0.286 e. The fraction of sp³-hybridized carbons (Fsp3) is 0.875. The Balaban J connectivity index is 3.31. The molecule has 0 atom stereocenters. The molecule has 0 aromatic carbocycles. The van der Waals surface area contributed by atoms with E-state index in [2.05, 4.69) is 13.8 Å². The first-order valence-corrected chi connectivity index (χ1v) is 4.01. The van der Waals surface area contributed by atoms with Crippen LogP contribution in [0, 0.1) is 5.92 Å². The SMILES string of the molecule is CC(=O)N(O)CCCC(C)C. The van der Waals surface area contributed by atoms with Crippen LogP contribution in [0.5, 0.6) is 0 Å². The zero-order valence-corrected chi connectivity index (χ0v) is 7.50. The molecule has 0 rings (SSSR count). The van der Waals surface area contributed by atoms with E-state index in [1.807, 2.05) is 0 Å². The van der Waals surface area contributed by atoms with E-state index in [-0.39, 0.29) is 5.91 Å². The van der Waals surface area contributed by atoms with E-state index in [1.54, 1.807) is 0 Å². The van der Waals surface area contributed by atoms with Gasteiger partial charge in [0, 0.05) is 13.5 Å². The maximum Gasteiger partial charge on any atom is 0.242 e. The Bertz CT molecular complexity index is 123. The molecule has 3 nitrogen and oxygen atoms in total. The summed E-state index contributed by atoms with van der Waals surface area (Å²) in [6.45, 7) is 6.05. The van der Waals surface area contributed by atoms with Crippen LogP contribution in [0.3, 0.4) is 0 Å². The molecule has 0 bridgehead atoms. The van der Waals surface area contributed by atoms with E-state index in [0.717, 1.165) is 17.9 Å². The molecule has 66 valence electrons. The van der Waals surface area contributed by atoms with Gasteiger partial charge in [0.15, 0.2) is 0 Å². The molecule has 0 saturated heterocycles. The molecule has 0 aliphatic heterocycles. The van der Waals surface area contributed by atoms with Crippen LogP contribution in [0.1, 0.15) is 33.6 Å². The van der Waals surface area contributed by atoms with Gasteiger partial charge in [0.2, 0.25) is 5.91 Å². The predicted molar refractivity (Wildman–Crippen MR) is 43.2 cm³/mol. The summed E-state index contributed by atoms with van der Waals surface area (Å²) in [5.41, 5.74) is 0. The van der Waals surface area contributed by atoms with E-state index in [4.69, 9.17) is 5.21 Å². The van der Waals surface area contributed by atoms with E-state index in [1.165, 1.54) is 6.92 Å². The van der Waals surface area contributed by atoms with Gasteiger partial charge in [-0.1, -0.05) is 13.8 Å². The number of carbonyl (C=O) groups is 1. The molecule has 0 saturated carbocycles. The lowest BCUT2D eigenvalue weighted by molar-refractivity contribution is -0.162. The number of amides is 1. The highest BCUT2D eigenvalue weighted by atomic mass is 16.5. The van der Waals surface area contributed by atoms with Crippen molar-refractivity contribution >= 4 is 5.91 Å². The van der Waals surface area contributed by atoms with Crippen LogP contribution in [0.2, 0.25) is 0 Å². The van der Waals surface area contributed by atoms with E-state index < -0.39 is 0 Å². The molecule has 0 aromatic rings. The van der Waals surface area contributed by atoms with Crippen molar-refractivity contribution in [3.63, 3.8) is 0 Å². The topological polar surface area (TPSA) is 40.5 Å². The average Bonchev–Trinajstić information content (AvgIpc) is 1.86. The maximum atomic E-state index is 10.5. The van der Waals surface area contributed by atoms with Crippen molar-refractivity contribution in [1.29, 1.82) is 0 Å². The predicted octanol–water partition coefficient (Wildman–Crippen LogP) is 1.66. The number of carbonyl (C=O) groups excluding carboxylic acids is 1. The van der Waals surface area contributed by atoms with Gasteiger partial charge in [0.1, 0.15) is 0 Å². The molecular formula is C8H17NO2. The van der Waals surface area contributed by atoms with Gasteiger partial charge in [-0.05, 0) is 18.8 Å². The van der Waals surface area contributed by atoms with Gasteiger partial charge in [-0.25, -0.2) is 5.06 Å². The van der Waals surface area contributed by atoms with Crippen LogP contribution in [-0.4, -0.2) is 22.7 Å². The van der Waals surface area contributed by atoms with Crippen molar-refractivity contribution in [2.45, 2.75) is 33.6 Å². The lowest BCUT2D eigenvalue weighted by Gasteiger charge is -2.12. The minimum Gasteiger partial charge on any atom is -0.286 e. The van der Waals surface area contributed by atoms with E-state index in [9.17, 15) is 4.79 Å². The van der Waals surface area contributed by atoms with E-state index in [0.29, 0.717) is 12.5 Å². The first kappa shape index (κ1) is 10.4. The molecule has 0 radical (unpaired) electrons. The van der Waals surface area contributed by atoms with Crippen molar-refractivity contribution < 1.29 is 10.0 Å². The van der Waals surface area contributed by atoms with Crippen LogP contribution in [0.25, 0.3) is 0 Å². The van der Waals surface area contributed by atoms with Crippen LogP contribution in [-0.2, 0) is 4.79 Å². The maximum absolute atomic E-state index is 10.5. The van der Waals surface area contributed by atoms with Crippen molar-refractivity contribution in [2.75, 3.05) is 6.54 Å². The summed E-state index contributed by atoms with van der Waals surface area (Å²) in [5, 5.41) is 9.69. The molecule has 0 aromatic heterocycles. The Hall–Kier alpha value is -0.570. The zero-order valence-electron chi connectivity index (χ0n) is 7.50. The second-order valence-electron chi connectivity index (χ2n) is 3.18. The van der Waals surface area contributed by atoms with Crippen molar-refractivity contribution in [3.8, 4) is 0 Å². The molecule has 0 aliphatic carbocycles. The minimum atomic E-state index is -0.284. The lowest BCUT2D eigenvalue weighted by Crippen LogP contribution is -2.25. The number of hydroxylamine groups is 2. The second-order valence-corrected chi connectivity index (χ2v) is 3.18. The van der Waals surface area contributed by atoms with Crippen molar-refractivity contribution in [1.82, 2.24) is 5.06 Å². The number of nitrogens with zero attached hydrogens (tertiary/aromatic N) is 1. The molecule has 0 unspecified atom stereocenters. The normalized spacial score (nSPS) is 10.3. The Morgan fingerprint density at radius 1 is 1.55 bits per heavy atom. The number of hydrogen-bond acceptors (Lipinski definition) is 2. The molecule has 0 spiro atoms. The monoisotopic (exact) mass is 159 g/mol. The van der Waals surface area contributed by atoms with Crippen molar-refractivity contribution in [2.24, 2.45) is 5.92 Å². The smallest absolute Gasteiger partial charge is 0.242 e. The van der Waals surface area contributed by atoms with Crippen LogP contribution in [0.4, 0.5) is 0 Å². The molecule has 0 fully saturated rings. The van der Waals surface area contributed by atoms with Gasteiger partial charge >= 0.3 is 0 Å². The summed E-state index contributed by atoms with van der Waals surface area (Å²) >= 11 is 0. The first-order valence-electron chi connectivity index (χ1n) is 4.01. The lowest BCUT2D eigenvalue weighted by atomic mass is 10.1. The summed E-state index contributed by atoms with van der Waals surface area (Å²) in [6, 6.07) is 0. The molecule has 0 aliphatic rings. The summed E-state index contributed by atoms with van der Waals surface area (Å²) in [6.07, 6.45) is 1.91. The summed E-state index contributed by atoms with van der Waals surface area (Å²) in [7, 11) is 0. The minimum absolute atomic E-state index is 0.284. The molecular weight excluding hydrogens is 142 g/mol. The zero-order chi connectivity index (χ0) is 8.85. The Morgan fingerprint density at radius 2 is 2.09 bits per heavy atom. The fourth-order valence-corrected chi connectivity index (χ4v) is 0.807. The Morgan fingerprint density at radius 3 is 2.45 bits per heavy atom. The van der Waals surface area contributed by atoms with Gasteiger partial charge < -0.3 is 0 Å². The molecule has 0 heterocycles. The molecule has 3 heteroatoms. The van der Waals surface area contributed by atoms with Crippen LogP contribution in [0.15, 0.2) is 0 Å². The van der Waals surface area contributed by atoms with Gasteiger partial charge in [-0.2, -0.15) is 0 Å². The summed E-state index contributed by atoms with van der Waals surface area (Å²) < 4.78 is 0. The summed E-state index contributed by atoms with van der Waals surface area (Å²) in [5.74, 6) is 0.351. The highest BCUT2D eigenvalue weighted by Crippen LogP contribution is 2.03. The fourth-order valence-electron chi connectivity index (χ4n) is 0.807. The molecule has 1 N–H and O–H groups in total. The van der Waals surface area contributed by atoms with Crippen LogP contribution < -0.4 is 0 Å². The number of hydrogen-bond donors (Lipinski definition) is 1. The standard InChI is InChI=1S/C8H17NO2/c1-7(2)5-4-6-9(11)8(3)10/h7,11H,4-6H2,1-3H3. The quantitative estimate of drug-likeness (QED) is 0.500. The van der Waals surface area contributed by atoms with Crippen LogP contribution >= 0.6 is 0 Å². The molecule has 11 heavy (non-hydrogen) atoms. The third kappa shape index (κ3) is 5.85. The van der Waals surface area contributed by atoms with Gasteiger partial charge in [-0.3, -0.25) is 10.0 Å². The highest BCUT2D eigenvalue weighted by molar-refractivity contribution is 5.71. The summed E-state index contributed by atoms with van der Waals surface area (Å²) in [4.78, 5) is 10.5. The Labute approximate surface area is 68.0 Å².